The van der Waals surface area contributed by atoms with Crippen LogP contribution in [0.3, 0.4) is 0 Å². The summed E-state index contributed by atoms with van der Waals surface area (Å²) in [6, 6.07) is 0. The molecule has 1 saturated carbocycles. The van der Waals surface area contributed by atoms with Gasteiger partial charge in [0.15, 0.2) is 5.13 Å². The fraction of sp³-hybridized carbons (Fsp3) is 0.600. The number of anilines is 3. The lowest BCUT2D eigenvalue weighted by Crippen LogP contribution is -2.42. The fourth-order valence-corrected chi connectivity index (χ4v) is 4.97. The van der Waals surface area contributed by atoms with Crippen LogP contribution >= 0.6 is 11.3 Å². The maximum atomic E-state index is 12.4. The van der Waals surface area contributed by atoms with E-state index in [1.54, 1.807) is 0 Å². The number of aryl methyl sites for hydroxylation is 1. The fourth-order valence-electron chi connectivity index (χ4n) is 4.28. The van der Waals surface area contributed by atoms with E-state index in [9.17, 15) is 14.4 Å². The van der Waals surface area contributed by atoms with E-state index in [1.165, 1.54) is 11.3 Å². The Bertz CT molecular complexity index is 916. The average Bonchev–Trinajstić information content (AvgIpc) is 3.36. The molecule has 4 rings (SSSR count). The zero-order valence-electron chi connectivity index (χ0n) is 16.1. The van der Waals surface area contributed by atoms with E-state index in [4.69, 9.17) is 0 Å². The predicted molar refractivity (Wildman–Crippen MR) is 112 cm³/mol. The van der Waals surface area contributed by atoms with Crippen molar-refractivity contribution in [3.63, 3.8) is 0 Å². The molecule has 150 valence electrons. The van der Waals surface area contributed by atoms with Gasteiger partial charge in [-0.15, -0.1) is 11.3 Å². The summed E-state index contributed by atoms with van der Waals surface area (Å²) >= 11 is 1.45. The first-order valence-corrected chi connectivity index (χ1v) is 11.0. The number of rotatable bonds is 6. The Hall–Kier alpha value is -2.22. The highest BCUT2D eigenvalue weighted by Gasteiger charge is 2.30. The second-order valence-corrected chi connectivity index (χ2v) is 8.82. The lowest BCUT2D eigenvalue weighted by molar-refractivity contribution is -0.121. The van der Waals surface area contributed by atoms with Gasteiger partial charge in [0.1, 0.15) is 11.4 Å². The van der Waals surface area contributed by atoms with Crippen LogP contribution in [0.4, 0.5) is 16.5 Å². The molecule has 2 aromatic rings. The molecule has 2 N–H and O–H groups in total. The lowest BCUT2D eigenvalue weighted by atomic mass is 9.81. The molecule has 1 saturated heterocycles. The smallest absolute Gasteiger partial charge is 0.253 e. The molecule has 0 unspecified atom stereocenters. The first kappa shape index (κ1) is 19.1. The zero-order chi connectivity index (χ0) is 19.7. The number of hydrogen-bond acceptors (Lipinski definition) is 7. The highest BCUT2D eigenvalue weighted by Crippen LogP contribution is 2.31. The summed E-state index contributed by atoms with van der Waals surface area (Å²) < 4.78 is 0. The molecule has 1 aromatic heterocycles. The molecule has 0 radical (unpaired) electrons. The number of carbonyl (C=O) groups excluding carboxylic acids is 1. The molecule has 1 aliphatic carbocycles. The number of carbonyl (C=O) groups is 1. The van der Waals surface area contributed by atoms with E-state index >= 15 is 0 Å². The van der Waals surface area contributed by atoms with Gasteiger partial charge in [0, 0.05) is 30.9 Å². The van der Waals surface area contributed by atoms with Crippen molar-refractivity contribution in [3.05, 3.63) is 31.5 Å². The maximum Gasteiger partial charge on any atom is 0.253 e. The number of amides is 1. The molecule has 0 spiro atoms. The molecule has 1 amide bonds. The monoisotopic (exact) mass is 402 g/mol. The van der Waals surface area contributed by atoms with Crippen molar-refractivity contribution in [1.29, 1.82) is 0 Å². The molecule has 2 heterocycles. The Morgan fingerprint density at radius 3 is 2.54 bits per heavy atom. The Balaban J connectivity index is 1.26. The van der Waals surface area contributed by atoms with Crippen LogP contribution in [0.2, 0.25) is 0 Å². The lowest BCUT2D eigenvalue weighted by Gasteiger charge is -2.29. The van der Waals surface area contributed by atoms with Crippen molar-refractivity contribution in [2.75, 3.05) is 35.2 Å². The molecule has 1 aliphatic heterocycles. The summed E-state index contributed by atoms with van der Waals surface area (Å²) in [6.07, 6.45) is 5.71. The van der Waals surface area contributed by atoms with E-state index in [0.29, 0.717) is 29.0 Å². The van der Waals surface area contributed by atoms with E-state index < -0.39 is 0 Å². The first-order chi connectivity index (χ1) is 13.5. The minimum absolute atomic E-state index is 0.0201. The molecule has 7 nitrogen and oxygen atoms in total. The van der Waals surface area contributed by atoms with E-state index in [2.05, 4.69) is 15.6 Å². The number of nitrogens with one attached hydrogen (secondary N) is 2. The van der Waals surface area contributed by atoms with Gasteiger partial charge >= 0.3 is 0 Å². The third kappa shape index (κ3) is 3.83. The van der Waals surface area contributed by atoms with Gasteiger partial charge in [-0.2, -0.15) is 0 Å². The Morgan fingerprint density at radius 2 is 1.89 bits per heavy atom. The van der Waals surface area contributed by atoms with Crippen molar-refractivity contribution in [2.45, 2.75) is 45.4 Å². The van der Waals surface area contributed by atoms with Gasteiger partial charge in [0.2, 0.25) is 5.91 Å². The summed E-state index contributed by atoms with van der Waals surface area (Å²) in [5.41, 5.74) is 1.29. The summed E-state index contributed by atoms with van der Waals surface area (Å²) in [6.45, 7) is 4.32. The normalized spacial score (nSPS) is 22.5. The first-order valence-electron chi connectivity index (χ1n) is 10.1. The zero-order valence-corrected chi connectivity index (χ0v) is 16.9. The Morgan fingerprint density at radius 1 is 1.18 bits per heavy atom. The summed E-state index contributed by atoms with van der Waals surface area (Å²) in [4.78, 5) is 42.6. The van der Waals surface area contributed by atoms with Gasteiger partial charge in [-0.25, -0.2) is 4.98 Å². The topological polar surface area (TPSA) is 91.4 Å². The highest BCUT2D eigenvalue weighted by atomic mass is 32.1. The summed E-state index contributed by atoms with van der Waals surface area (Å²) in [7, 11) is 0. The van der Waals surface area contributed by atoms with Crippen LogP contribution in [0.5, 0.6) is 0 Å². The third-order valence-electron chi connectivity index (χ3n) is 5.94. The number of hydrogen-bond donors (Lipinski definition) is 2. The molecule has 28 heavy (non-hydrogen) atoms. The molecule has 1 aromatic carbocycles. The van der Waals surface area contributed by atoms with E-state index in [-0.39, 0.29) is 22.7 Å². The van der Waals surface area contributed by atoms with Gasteiger partial charge in [0.25, 0.3) is 10.9 Å². The molecular formula is C20H26N4O3S. The van der Waals surface area contributed by atoms with Crippen LogP contribution in [-0.2, 0) is 4.79 Å². The standard InChI is InChI=1S/C20H26N4O3S/c1-12-11-28-20(22-12)23-19(27)14-6-4-13(5-7-14)10-21-15-16(18(26)17(15)25)24-8-2-3-9-24/h11,13-14,21H,2-10H2,1H3,(H,22,23,27). The van der Waals surface area contributed by atoms with Crippen LogP contribution in [0.1, 0.15) is 44.2 Å². The number of nitrogens with zero attached hydrogens (tertiary/aromatic N) is 2. The summed E-state index contributed by atoms with van der Waals surface area (Å²) in [5, 5.41) is 8.76. The highest BCUT2D eigenvalue weighted by molar-refractivity contribution is 7.13. The van der Waals surface area contributed by atoms with Gasteiger partial charge in [-0.05, 0) is 51.4 Å². The molecule has 0 bridgehead atoms. The minimum atomic E-state index is -0.381. The number of thiazole rings is 1. The van der Waals surface area contributed by atoms with E-state index in [0.717, 1.165) is 57.3 Å². The average molecular weight is 403 g/mol. The van der Waals surface area contributed by atoms with Crippen molar-refractivity contribution in [3.8, 4) is 0 Å². The van der Waals surface area contributed by atoms with E-state index in [1.807, 2.05) is 17.2 Å². The Kier molecular flexibility index (Phi) is 5.48. The van der Waals surface area contributed by atoms with Crippen LogP contribution in [0, 0.1) is 18.8 Å². The van der Waals surface area contributed by atoms with Crippen LogP contribution in [-0.4, -0.2) is 30.5 Å². The molecule has 2 aliphatic rings. The second-order valence-electron chi connectivity index (χ2n) is 7.96. The number of aromatic nitrogens is 1. The van der Waals surface area contributed by atoms with Crippen molar-refractivity contribution in [1.82, 2.24) is 4.98 Å². The van der Waals surface area contributed by atoms with Gasteiger partial charge in [-0.3, -0.25) is 14.4 Å². The Labute approximate surface area is 167 Å². The second kappa shape index (κ2) is 8.03. The SMILES string of the molecule is Cc1csc(NC(=O)C2CCC(CNc3c(N4CCCC4)c(=O)c3=O)CC2)n1. The quantitative estimate of drug-likeness (QED) is 0.722. The molecular weight excluding hydrogens is 376 g/mol. The van der Waals surface area contributed by atoms with Gasteiger partial charge in [-0.1, -0.05) is 0 Å². The van der Waals surface area contributed by atoms with Crippen LogP contribution < -0.4 is 26.4 Å². The molecule has 0 atom stereocenters. The molecule has 8 heteroatoms. The largest absolute Gasteiger partial charge is 0.380 e. The van der Waals surface area contributed by atoms with Gasteiger partial charge < -0.3 is 15.5 Å². The predicted octanol–water partition coefficient (Wildman–Crippen LogP) is 2.50. The molecule has 2 fully saturated rings. The van der Waals surface area contributed by atoms with Gasteiger partial charge in [0.05, 0.1) is 5.69 Å². The van der Waals surface area contributed by atoms with Crippen molar-refractivity contribution < 1.29 is 4.79 Å². The van der Waals surface area contributed by atoms with Crippen LogP contribution in [0.25, 0.3) is 0 Å². The minimum Gasteiger partial charge on any atom is -0.380 e. The van der Waals surface area contributed by atoms with Crippen LogP contribution in [0.15, 0.2) is 15.0 Å². The van der Waals surface area contributed by atoms with Crippen molar-refractivity contribution in [2.24, 2.45) is 11.8 Å². The maximum absolute atomic E-state index is 12.4. The van der Waals surface area contributed by atoms with Crippen molar-refractivity contribution >= 4 is 33.8 Å². The summed E-state index contributed by atoms with van der Waals surface area (Å²) in [5.74, 6) is 0.494. The third-order valence-corrected chi connectivity index (χ3v) is 6.82.